The SMILES string of the molecule is FC(F)(F)C(Oc1cc2ccccc2c2[nH]ccc12)(Oc1cc2ccccc2c2[nH]ccc12)C(F)(F)F. The molecule has 0 saturated heterocycles. The van der Waals surface area contributed by atoms with Gasteiger partial charge in [0.05, 0.1) is 11.0 Å². The summed E-state index contributed by atoms with van der Waals surface area (Å²) in [7, 11) is 0. The highest BCUT2D eigenvalue weighted by Gasteiger charge is 2.77. The molecule has 6 aromatic rings. The highest BCUT2D eigenvalue weighted by atomic mass is 19.4. The van der Waals surface area contributed by atoms with Crippen LogP contribution in [0.4, 0.5) is 26.3 Å². The highest BCUT2D eigenvalue weighted by Crippen LogP contribution is 2.50. The van der Waals surface area contributed by atoms with Gasteiger partial charge in [0.15, 0.2) is 0 Å². The Kier molecular flexibility index (Phi) is 4.88. The molecule has 0 fully saturated rings. The minimum absolute atomic E-state index is 0.0467. The number of alkyl halides is 6. The molecular weight excluding hydrogens is 498 g/mol. The van der Waals surface area contributed by atoms with E-state index in [2.05, 4.69) is 9.97 Å². The average molecular weight is 514 g/mol. The second kappa shape index (κ2) is 7.83. The maximum Gasteiger partial charge on any atom is 0.478 e. The van der Waals surface area contributed by atoms with Crippen LogP contribution in [0.5, 0.6) is 11.5 Å². The lowest BCUT2D eigenvalue weighted by molar-refractivity contribution is -0.421. The van der Waals surface area contributed by atoms with Crippen molar-refractivity contribution in [2.24, 2.45) is 0 Å². The first kappa shape index (κ1) is 23.1. The second-order valence-corrected chi connectivity index (χ2v) is 8.54. The van der Waals surface area contributed by atoms with E-state index in [9.17, 15) is 26.3 Å². The van der Waals surface area contributed by atoms with E-state index in [1.54, 1.807) is 48.5 Å². The molecule has 0 atom stereocenters. The zero-order valence-corrected chi connectivity index (χ0v) is 18.7. The fourth-order valence-electron chi connectivity index (χ4n) is 4.63. The van der Waals surface area contributed by atoms with Gasteiger partial charge in [-0.05, 0) is 35.0 Å². The standard InChI is InChI=1S/C27H16F6N2O2/c28-26(29,30)25(27(31,32)33,36-21-13-15-5-1-3-7-17(15)23-19(21)9-11-34-23)37-22-14-16-6-2-4-8-18(16)24-20(22)10-12-35-24/h1-14,34-35H. The Labute approximate surface area is 204 Å². The minimum atomic E-state index is -6.01. The molecule has 0 amide bonds. The zero-order chi connectivity index (χ0) is 26.0. The van der Waals surface area contributed by atoms with Crippen molar-refractivity contribution in [1.29, 1.82) is 0 Å². The molecule has 2 aromatic heterocycles. The third kappa shape index (κ3) is 3.46. The number of rotatable bonds is 4. The Morgan fingerprint density at radius 3 is 1.32 bits per heavy atom. The fourth-order valence-corrected chi connectivity index (χ4v) is 4.63. The van der Waals surface area contributed by atoms with Gasteiger partial charge in [0.2, 0.25) is 0 Å². The predicted octanol–water partition coefficient (Wildman–Crippen LogP) is 8.23. The first-order valence-corrected chi connectivity index (χ1v) is 11.1. The van der Waals surface area contributed by atoms with E-state index in [0.717, 1.165) is 12.1 Å². The fraction of sp³-hybridized carbons (Fsp3) is 0.111. The topological polar surface area (TPSA) is 50.0 Å². The van der Waals surface area contributed by atoms with E-state index in [-0.39, 0.29) is 10.8 Å². The van der Waals surface area contributed by atoms with Crippen molar-refractivity contribution in [2.75, 3.05) is 0 Å². The lowest BCUT2D eigenvalue weighted by Crippen LogP contribution is -2.65. The quantitative estimate of drug-likeness (QED) is 0.184. The van der Waals surface area contributed by atoms with Gasteiger partial charge in [-0.15, -0.1) is 0 Å². The number of benzene rings is 4. The molecule has 2 heterocycles. The van der Waals surface area contributed by atoms with Crippen molar-refractivity contribution in [3.8, 4) is 11.5 Å². The van der Waals surface area contributed by atoms with Crippen LogP contribution < -0.4 is 9.47 Å². The lowest BCUT2D eigenvalue weighted by Gasteiger charge is -2.37. The first-order chi connectivity index (χ1) is 17.6. The molecule has 4 nitrogen and oxygen atoms in total. The summed E-state index contributed by atoms with van der Waals surface area (Å²) >= 11 is 0. The van der Waals surface area contributed by atoms with E-state index in [4.69, 9.17) is 9.47 Å². The second-order valence-electron chi connectivity index (χ2n) is 8.54. The van der Waals surface area contributed by atoms with Gasteiger partial charge in [0.1, 0.15) is 11.5 Å². The van der Waals surface area contributed by atoms with Crippen molar-refractivity contribution in [3.63, 3.8) is 0 Å². The van der Waals surface area contributed by atoms with Crippen molar-refractivity contribution in [1.82, 2.24) is 9.97 Å². The molecule has 0 saturated carbocycles. The van der Waals surface area contributed by atoms with Gasteiger partial charge in [-0.1, -0.05) is 48.5 Å². The summed E-state index contributed by atoms with van der Waals surface area (Å²) < 4.78 is 97.1. The summed E-state index contributed by atoms with van der Waals surface area (Å²) in [6.45, 7) is 0. The Balaban J connectivity index is 1.59. The molecule has 2 N–H and O–H groups in total. The monoisotopic (exact) mass is 514 g/mol. The van der Waals surface area contributed by atoms with E-state index < -0.39 is 29.6 Å². The van der Waals surface area contributed by atoms with Gasteiger partial charge in [-0.2, -0.15) is 26.3 Å². The number of hydrogen-bond acceptors (Lipinski definition) is 2. The molecule has 0 radical (unpaired) electrons. The average Bonchev–Trinajstić information content (AvgIpc) is 3.53. The normalized spacial score (nSPS) is 13.1. The maximum absolute atomic E-state index is 14.5. The summed E-state index contributed by atoms with van der Waals surface area (Å²) in [6, 6.07) is 18.2. The van der Waals surface area contributed by atoms with Crippen molar-refractivity contribution in [2.45, 2.75) is 18.1 Å². The predicted molar refractivity (Wildman–Crippen MR) is 128 cm³/mol. The molecule has 10 heteroatoms. The molecule has 0 unspecified atom stereocenters. The molecule has 4 aromatic carbocycles. The largest absolute Gasteiger partial charge is 0.478 e. The Bertz CT molecular complexity index is 1650. The number of ether oxygens (including phenoxy) is 2. The molecule has 0 aliphatic carbocycles. The summed E-state index contributed by atoms with van der Waals surface area (Å²) in [5.41, 5.74) is 0.676. The molecule has 0 aliphatic rings. The first-order valence-electron chi connectivity index (χ1n) is 11.1. The molecule has 188 valence electrons. The number of H-pyrrole nitrogens is 2. The summed E-state index contributed by atoms with van der Waals surface area (Å²) in [6.07, 6.45) is -9.18. The van der Waals surface area contributed by atoms with Gasteiger partial charge in [0.25, 0.3) is 0 Å². The van der Waals surface area contributed by atoms with Crippen LogP contribution in [0, 0.1) is 0 Å². The van der Waals surface area contributed by atoms with E-state index in [1.165, 1.54) is 24.5 Å². The van der Waals surface area contributed by atoms with E-state index in [0.29, 0.717) is 32.6 Å². The zero-order valence-electron chi connectivity index (χ0n) is 18.7. The number of halogens is 6. The van der Waals surface area contributed by atoms with Gasteiger partial charge < -0.3 is 19.4 Å². The summed E-state index contributed by atoms with van der Waals surface area (Å²) in [5, 5.41) is 2.11. The summed E-state index contributed by atoms with van der Waals surface area (Å²) in [4.78, 5) is 5.74. The molecule has 0 spiro atoms. The van der Waals surface area contributed by atoms with Gasteiger partial charge >= 0.3 is 18.1 Å². The number of hydrogen-bond donors (Lipinski definition) is 2. The minimum Gasteiger partial charge on any atom is -0.437 e. The van der Waals surface area contributed by atoms with Crippen LogP contribution in [0.1, 0.15) is 0 Å². The van der Waals surface area contributed by atoms with Crippen LogP contribution in [0.2, 0.25) is 0 Å². The van der Waals surface area contributed by atoms with Crippen LogP contribution in [0.3, 0.4) is 0 Å². The van der Waals surface area contributed by atoms with Crippen LogP contribution in [0.25, 0.3) is 43.4 Å². The van der Waals surface area contributed by atoms with Crippen LogP contribution >= 0.6 is 0 Å². The van der Waals surface area contributed by atoms with E-state index in [1.807, 2.05) is 0 Å². The Morgan fingerprint density at radius 2 is 0.919 bits per heavy atom. The van der Waals surface area contributed by atoms with Crippen LogP contribution in [-0.4, -0.2) is 28.1 Å². The van der Waals surface area contributed by atoms with Gasteiger partial charge in [0, 0.05) is 33.9 Å². The van der Waals surface area contributed by atoms with Crippen molar-refractivity contribution in [3.05, 3.63) is 85.2 Å². The van der Waals surface area contributed by atoms with Crippen LogP contribution in [-0.2, 0) is 0 Å². The number of aromatic amines is 2. The number of aromatic nitrogens is 2. The summed E-state index contributed by atoms with van der Waals surface area (Å²) in [5.74, 6) is -6.26. The van der Waals surface area contributed by atoms with Crippen LogP contribution in [0.15, 0.2) is 85.2 Å². The van der Waals surface area contributed by atoms with Gasteiger partial charge in [-0.3, -0.25) is 0 Å². The molecular formula is C27H16F6N2O2. The van der Waals surface area contributed by atoms with Gasteiger partial charge in [-0.25, -0.2) is 0 Å². The maximum atomic E-state index is 14.5. The molecule has 0 aliphatic heterocycles. The van der Waals surface area contributed by atoms with Crippen molar-refractivity contribution < 1.29 is 35.8 Å². The lowest BCUT2D eigenvalue weighted by atomic mass is 10.1. The molecule has 37 heavy (non-hydrogen) atoms. The molecule has 0 bridgehead atoms. The smallest absolute Gasteiger partial charge is 0.437 e. The Hall–Kier alpha value is -4.34. The molecule has 6 rings (SSSR count). The number of fused-ring (bicyclic) bond motifs is 6. The van der Waals surface area contributed by atoms with Crippen molar-refractivity contribution >= 4 is 43.4 Å². The van der Waals surface area contributed by atoms with E-state index >= 15 is 0 Å². The third-order valence-corrected chi connectivity index (χ3v) is 6.31. The highest BCUT2D eigenvalue weighted by molar-refractivity contribution is 6.09. The third-order valence-electron chi connectivity index (χ3n) is 6.31. The number of nitrogens with one attached hydrogen (secondary N) is 2. The Morgan fingerprint density at radius 1 is 0.514 bits per heavy atom.